The molecule has 2 N–H and O–H groups in total. The first-order valence-electron chi connectivity index (χ1n) is 6.32. The van der Waals surface area contributed by atoms with Gasteiger partial charge in [0.2, 0.25) is 0 Å². The number of nitrogens with zero attached hydrogens (tertiary/aromatic N) is 1. The molecule has 0 aliphatic heterocycles. The minimum atomic E-state index is -4.28. The molecular formula is C11H25NO7P+. The van der Waals surface area contributed by atoms with Gasteiger partial charge >= 0.3 is 13.8 Å². The highest BCUT2D eigenvalue weighted by Crippen LogP contribution is 2.44. The lowest BCUT2D eigenvalue weighted by Gasteiger charge is -2.24. The minimum absolute atomic E-state index is 0.0319. The average molecular weight is 314 g/mol. The number of rotatable bonds is 10. The predicted molar refractivity (Wildman–Crippen MR) is 71.9 cm³/mol. The molecule has 2 atom stereocenters. The number of hydrogen-bond donors (Lipinski definition) is 2. The van der Waals surface area contributed by atoms with Crippen LogP contribution in [0.5, 0.6) is 0 Å². The maximum absolute atomic E-state index is 11.6. The summed E-state index contributed by atoms with van der Waals surface area (Å²) < 4.78 is 26.5. The number of aliphatic hydroxyl groups excluding tert-OH is 1. The Labute approximate surface area is 119 Å². The maximum Gasteiger partial charge on any atom is 0.472 e. The maximum atomic E-state index is 11.6. The third-order valence-electron chi connectivity index (χ3n) is 2.22. The fourth-order valence-corrected chi connectivity index (χ4v) is 1.93. The van der Waals surface area contributed by atoms with Crippen molar-refractivity contribution >= 4 is 13.8 Å². The van der Waals surface area contributed by atoms with Gasteiger partial charge in [-0.2, -0.15) is 0 Å². The van der Waals surface area contributed by atoms with Gasteiger partial charge in [-0.1, -0.05) is 6.92 Å². The summed E-state index contributed by atoms with van der Waals surface area (Å²) in [6, 6.07) is 0. The van der Waals surface area contributed by atoms with E-state index in [0.29, 0.717) is 11.0 Å². The first-order chi connectivity index (χ1) is 9.09. The second-order valence-electron chi connectivity index (χ2n) is 5.26. The number of quaternary nitrogens is 1. The molecule has 0 radical (unpaired) electrons. The lowest BCUT2D eigenvalue weighted by atomic mass is 10.4. The highest BCUT2D eigenvalue weighted by molar-refractivity contribution is 7.47. The zero-order valence-electron chi connectivity index (χ0n) is 12.4. The molecule has 0 bridgehead atoms. The van der Waals surface area contributed by atoms with Crippen molar-refractivity contribution in [3.8, 4) is 0 Å². The molecule has 0 spiro atoms. The van der Waals surface area contributed by atoms with Gasteiger partial charge in [-0.05, 0) is 0 Å². The van der Waals surface area contributed by atoms with Crippen LogP contribution in [0.15, 0.2) is 0 Å². The van der Waals surface area contributed by atoms with Gasteiger partial charge in [0.15, 0.2) is 0 Å². The number of phosphoric ester groups is 1. The molecule has 0 aromatic rings. The molecule has 0 amide bonds. The molecule has 0 rings (SSSR count). The lowest BCUT2D eigenvalue weighted by molar-refractivity contribution is -0.870. The van der Waals surface area contributed by atoms with Gasteiger partial charge in [-0.15, -0.1) is 0 Å². The second kappa shape index (κ2) is 8.71. The molecule has 120 valence electrons. The standard InChI is InChI=1S/C11H24NO7P/c1-5-11(14)17-9-10(8-13)19-20(15,16)18-7-6-12(2,3)4/h10,13H,5-9H2,1-4H3/p+1/t10-/m0/s1. The van der Waals surface area contributed by atoms with Gasteiger partial charge in [0.25, 0.3) is 0 Å². The van der Waals surface area contributed by atoms with Crippen LogP contribution in [0.2, 0.25) is 0 Å². The first-order valence-corrected chi connectivity index (χ1v) is 7.82. The molecule has 0 aliphatic carbocycles. The van der Waals surface area contributed by atoms with Crippen molar-refractivity contribution in [1.82, 2.24) is 0 Å². The zero-order valence-corrected chi connectivity index (χ0v) is 13.3. The van der Waals surface area contributed by atoms with Crippen molar-refractivity contribution in [3.63, 3.8) is 0 Å². The fraction of sp³-hybridized carbons (Fsp3) is 0.909. The summed E-state index contributed by atoms with van der Waals surface area (Å²) in [4.78, 5) is 20.4. The Bertz CT molecular complexity index is 342. The van der Waals surface area contributed by atoms with E-state index >= 15 is 0 Å². The summed E-state index contributed by atoms with van der Waals surface area (Å²) in [5.41, 5.74) is 0. The number of hydrogen-bond acceptors (Lipinski definition) is 6. The Kier molecular flexibility index (Phi) is 8.50. The summed E-state index contributed by atoms with van der Waals surface area (Å²) in [6.07, 6.45) is -0.917. The molecular weight excluding hydrogens is 289 g/mol. The lowest BCUT2D eigenvalue weighted by Crippen LogP contribution is -2.37. The van der Waals surface area contributed by atoms with Gasteiger partial charge in [0.05, 0.1) is 27.7 Å². The SMILES string of the molecule is CCC(=O)OC[C@H](CO)OP(=O)(O)OCC[N+](C)(C)C. The number of esters is 1. The summed E-state index contributed by atoms with van der Waals surface area (Å²) in [7, 11) is 1.45. The number of carbonyl (C=O) groups excluding carboxylic acids is 1. The number of ether oxygens (including phenoxy) is 1. The van der Waals surface area contributed by atoms with Crippen molar-refractivity contribution in [3.05, 3.63) is 0 Å². The molecule has 0 aromatic heterocycles. The first kappa shape index (κ1) is 19.5. The van der Waals surface area contributed by atoms with Gasteiger partial charge in [-0.25, -0.2) is 4.57 Å². The molecule has 0 aliphatic rings. The van der Waals surface area contributed by atoms with E-state index in [1.165, 1.54) is 0 Å². The van der Waals surface area contributed by atoms with Crippen LogP contribution in [0.25, 0.3) is 0 Å². The monoisotopic (exact) mass is 314 g/mol. The smallest absolute Gasteiger partial charge is 0.463 e. The van der Waals surface area contributed by atoms with Crippen molar-refractivity contribution in [1.29, 1.82) is 0 Å². The van der Waals surface area contributed by atoms with Crippen molar-refractivity contribution in [2.24, 2.45) is 0 Å². The molecule has 20 heavy (non-hydrogen) atoms. The van der Waals surface area contributed by atoms with Crippen LogP contribution in [0.1, 0.15) is 13.3 Å². The number of carbonyl (C=O) groups is 1. The average Bonchev–Trinajstić information content (AvgIpc) is 2.31. The van der Waals surface area contributed by atoms with Crippen LogP contribution in [-0.4, -0.2) is 74.1 Å². The van der Waals surface area contributed by atoms with Gasteiger partial charge in [-0.3, -0.25) is 13.8 Å². The molecule has 0 saturated carbocycles. The van der Waals surface area contributed by atoms with Crippen LogP contribution < -0.4 is 0 Å². The third-order valence-corrected chi connectivity index (χ3v) is 3.29. The van der Waals surface area contributed by atoms with E-state index in [0.717, 1.165) is 0 Å². The molecule has 0 heterocycles. The quantitative estimate of drug-likeness (QED) is 0.336. The predicted octanol–water partition coefficient (Wildman–Crippen LogP) is 0.140. The van der Waals surface area contributed by atoms with Gasteiger partial charge < -0.3 is 19.2 Å². The summed E-state index contributed by atoms with van der Waals surface area (Å²) in [6.45, 7) is 1.31. The Morgan fingerprint density at radius 1 is 1.35 bits per heavy atom. The van der Waals surface area contributed by atoms with E-state index in [2.05, 4.69) is 0 Å². The molecule has 0 aromatic carbocycles. The molecule has 1 unspecified atom stereocenters. The largest absolute Gasteiger partial charge is 0.472 e. The van der Waals surface area contributed by atoms with E-state index < -0.39 is 26.5 Å². The second-order valence-corrected chi connectivity index (χ2v) is 6.67. The topological polar surface area (TPSA) is 102 Å². The van der Waals surface area contributed by atoms with Gasteiger partial charge in [0, 0.05) is 6.42 Å². The molecule has 8 nitrogen and oxygen atoms in total. The highest BCUT2D eigenvalue weighted by atomic mass is 31.2. The van der Waals surface area contributed by atoms with E-state index in [4.69, 9.17) is 18.9 Å². The minimum Gasteiger partial charge on any atom is -0.463 e. The zero-order chi connectivity index (χ0) is 15.8. The van der Waals surface area contributed by atoms with Crippen LogP contribution in [0, 0.1) is 0 Å². The van der Waals surface area contributed by atoms with E-state index in [1.54, 1.807) is 6.92 Å². The van der Waals surface area contributed by atoms with E-state index in [9.17, 15) is 14.3 Å². The van der Waals surface area contributed by atoms with E-state index in [1.807, 2.05) is 21.1 Å². The third kappa shape index (κ3) is 10.3. The Hall–Kier alpha value is -0.500. The van der Waals surface area contributed by atoms with E-state index in [-0.39, 0.29) is 19.6 Å². The highest BCUT2D eigenvalue weighted by Gasteiger charge is 2.28. The van der Waals surface area contributed by atoms with Crippen LogP contribution in [0.4, 0.5) is 0 Å². The molecule has 0 saturated heterocycles. The van der Waals surface area contributed by atoms with Crippen LogP contribution in [-0.2, 0) is 23.1 Å². The molecule has 0 fully saturated rings. The van der Waals surface area contributed by atoms with Crippen molar-refractivity contribution in [2.75, 3.05) is 47.5 Å². The molecule has 9 heteroatoms. The van der Waals surface area contributed by atoms with Crippen molar-refractivity contribution < 1.29 is 37.6 Å². The summed E-state index contributed by atoms with van der Waals surface area (Å²) in [5.74, 6) is -0.481. The Morgan fingerprint density at radius 2 is 1.95 bits per heavy atom. The Balaban J connectivity index is 4.19. The Morgan fingerprint density at radius 3 is 2.40 bits per heavy atom. The van der Waals surface area contributed by atoms with Crippen molar-refractivity contribution in [2.45, 2.75) is 19.4 Å². The van der Waals surface area contributed by atoms with Gasteiger partial charge in [0.1, 0.15) is 25.9 Å². The normalized spacial score (nSPS) is 16.5. The number of aliphatic hydroxyl groups is 1. The number of likely N-dealkylation sites (N-methyl/N-ethyl adjacent to an activating group) is 1. The fourth-order valence-electron chi connectivity index (χ4n) is 1.05. The summed E-state index contributed by atoms with van der Waals surface area (Å²) >= 11 is 0. The summed E-state index contributed by atoms with van der Waals surface area (Å²) in [5, 5.41) is 9.02. The van der Waals surface area contributed by atoms with Crippen LogP contribution >= 0.6 is 7.82 Å². The van der Waals surface area contributed by atoms with Crippen LogP contribution in [0.3, 0.4) is 0 Å². The number of phosphoric acid groups is 1.